The van der Waals surface area contributed by atoms with Crippen molar-refractivity contribution in [1.82, 2.24) is 35.1 Å². The van der Waals surface area contributed by atoms with E-state index in [4.69, 9.17) is 4.98 Å². The van der Waals surface area contributed by atoms with E-state index >= 15 is 0 Å². The molecular formula is C25H31N7O2. The van der Waals surface area contributed by atoms with Gasteiger partial charge in [0.2, 0.25) is 5.91 Å². The predicted octanol–water partition coefficient (Wildman–Crippen LogP) is 2.25. The van der Waals surface area contributed by atoms with Gasteiger partial charge in [0.1, 0.15) is 18.2 Å². The van der Waals surface area contributed by atoms with Gasteiger partial charge in [-0.3, -0.25) is 14.5 Å². The quantitative estimate of drug-likeness (QED) is 0.583. The molecule has 2 amide bonds. The van der Waals surface area contributed by atoms with Crippen LogP contribution in [-0.4, -0.2) is 55.9 Å². The highest BCUT2D eigenvalue weighted by Gasteiger charge is 2.35. The number of amides is 2. The summed E-state index contributed by atoms with van der Waals surface area (Å²) in [6.45, 7) is 8.51. The molecule has 4 rings (SSSR count). The van der Waals surface area contributed by atoms with Crippen LogP contribution in [0.4, 0.5) is 0 Å². The van der Waals surface area contributed by atoms with E-state index in [1.165, 1.54) is 6.33 Å². The lowest BCUT2D eigenvalue weighted by Crippen LogP contribution is -2.53. The molecule has 178 valence electrons. The Balaban J connectivity index is 1.68. The summed E-state index contributed by atoms with van der Waals surface area (Å²) in [5, 5.41) is 5.59. The van der Waals surface area contributed by atoms with E-state index in [2.05, 4.69) is 30.1 Å². The molecule has 3 aromatic rings. The van der Waals surface area contributed by atoms with Crippen LogP contribution in [-0.2, 0) is 24.4 Å². The molecule has 9 heteroatoms. The van der Waals surface area contributed by atoms with Gasteiger partial charge in [-0.15, -0.1) is 0 Å². The lowest BCUT2D eigenvalue weighted by atomic mass is 9.86. The summed E-state index contributed by atoms with van der Waals surface area (Å²) in [4.78, 5) is 41.3. The minimum Gasteiger partial charge on any atom is -0.357 e. The van der Waals surface area contributed by atoms with E-state index in [9.17, 15) is 9.59 Å². The van der Waals surface area contributed by atoms with E-state index in [1.807, 2.05) is 51.1 Å². The van der Waals surface area contributed by atoms with Crippen molar-refractivity contribution in [2.24, 2.45) is 5.41 Å². The molecule has 0 saturated heterocycles. The van der Waals surface area contributed by atoms with Crippen molar-refractivity contribution in [3.05, 3.63) is 66.0 Å². The van der Waals surface area contributed by atoms with Gasteiger partial charge in [0.25, 0.3) is 5.91 Å². The third-order valence-corrected chi connectivity index (χ3v) is 6.00. The number of carbonyl (C=O) groups is 2. The van der Waals surface area contributed by atoms with Gasteiger partial charge in [-0.25, -0.2) is 15.0 Å². The highest BCUT2D eigenvalue weighted by Crippen LogP contribution is 2.28. The number of rotatable bonds is 6. The molecule has 2 aromatic heterocycles. The van der Waals surface area contributed by atoms with Crippen LogP contribution in [0.2, 0.25) is 0 Å². The molecule has 1 aliphatic rings. The van der Waals surface area contributed by atoms with E-state index in [0.29, 0.717) is 25.3 Å². The Hall–Kier alpha value is -3.59. The van der Waals surface area contributed by atoms with E-state index in [0.717, 1.165) is 29.2 Å². The first-order valence-electron chi connectivity index (χ1n) is 11.4. The fraction of sp³-hybridized carbons (Fsp3) is 0.400. The molecule has 9 nitrogen and oxygen atoms in total. The molecule has 0 saturated carbocycles. The summed E-state index contributed by atoms with van der Waals surface area (Å²) in [6, 6.07) is 9.17. The normalized spacial score (nSPS) is 14.8. The van der Waals surface area contributed by atoms with Crippen molar-refractivity contribution in [3.63, 3.8) is 0 Å². The van der Waals surface area contributed by atoms with Gasteiger partial charge in [0, 0.05) is 56.7 Å². The van der Waals surface area contributed by atoms with Crippen molar-refractivity contribution in [1.29, 1.82) is 0 Å². The first-order valence-corrected chi connectivity index (χ1v) is 11.4. The fourth-order valence-electron chi connectivity index (χ4n) is 4.23. The van der Waals surface area contributed by atoms with Crippen LogP contribution in [0.5, 0.6) is 0 Å². The average molecular weight is 462 g/mol. The zero-order valence-corrected chi connectivity index (χ0v) is 20.1. The Morgan fingerprint density at radius 1 is 1.09 bits per heavy atom. The minimum atomic E-state index is -0.691. The smallest absolute Gasteiger partial charge is 0.272 e. The molecule has 0 radical (unpaired) electrons. The number of aromatic nitrogens is 4. The Bertz CT molecular complexity index is 1150. The lowest BCUT2D eigenvalue weighted by Gasteiger charge is -2.31. The lowest BCUT2D eigenvalue weighted by molar-refractivity contribution is -0.124. The molecule has 0 aliphatic carbocycles. The Morgan fingerprint density at radius 2 is 1.79 bits per heavy atom. The van der Waals surface area contributed by atoms with Gasteiger partial charge in [0.05, 0.1) is 5.69 Å². The maximum absolute atomic E-state index is 13.5. The molecule has 0 bridgehead atoms. The molecule has 1 atom stereocenters. The van der Waals surface area contributed by atoms with E-state index in [-0.39, 0.29) is 11.8 Å². The number of nitrogens with one attached hydrogen (secondary N) is 2. The number of imidazole rings is 1. The third-order valence-electron chi connectivity index (χ3n) is 6.00. The van der Waals surface area contributed by atoms with Gasteiger partial charge in [-0.1, -0.05) is 51.1 Å². The molecule has 0 unspecified atom stereocenters. The maximum Gasteiger partial charge on any atom is 0.272 e. The summed E-state index contributed by atoms with van der Waals surface area (Å²) < 4.78 is 2.12. The van der Waals surface area contributed by atoms with Crippen LogP contribution in [0.25, 0.3) is 11.4 Å². The molecule has 34 heavy (non-hydrogen) atoms. The van der Waals surface area contributed by atoms with Crippen LogP contribution in [0.15, 0.2) is 49.1 Å². The second-order valence-corrected chi connectivity index (χ2v) is 9.59. The van der Waals surface area contributed by atoms with Crippen LogP contribution in [0.3, 0.4) is 0 Å². The van der Waals surface area contributed by atoms with Crippen LogP contribution >= 0.6 is 0 Å². The van der Waals surface area contributed by atoms with Gasteiger partial charge < -0.3 is 15.2 Å². The summed E-state index contributed by atoms with van der Waals surface area (Å²) in [7, 11) is 1.57. The van der Waals surface area contributed by atoms with Gasteiger partial charge in [-0.2, -0.15) is 0 Å². The number of fused-ring (bicyclic) bond motifs is 1. The summed E-state index contributed by atoms with van der Waals surface area (Å²) in [5.41, 5.74) is 2.69. The highest BCUT2D eigenvalue weighted by molar-refractivity contribution is 5.97. The van der Waals surface area contributed by atoms with E-state index < -0.39 is 11.5 Å². The summed E-state index contributed by atoms with van der Waals surface area (Å²) >= 11 is 0. The van der Waals surface area contributed by atoms with Gasteiger partial charge in [-0.05, 0) is 5.41 Å². The topological polar surface area (TPSA) is 105 Å². The standard InChI is InChI=1S/C25H31N7O2/c1-25(2,3)21(24(34)26-4)30-23(33)20-19-15-31(14-17-12-27-16-28-13-17)10-11-32(19)22(29-20)18-8-6-5-7-9-18/h5-9,12-13,16,21H,10-11,14-15H2,1-4H3,(H,26,34)(H,30,33)/t21-/m1/s1. The Kier molecular flexibility index (Phi) is 6.74. The van der Waals surface area contributed by atoms with Crippen LogP contribution in [0.1, 0.15) is 42.5 Å². The highest BCUT2D eigenvalue weighted by atomic mass is 16.2. The first-order chi connectivity index (χ1) is 16.3. The molecular weight excluding hydrogens is 430 g/mol. The fourth-order valence-corrected chi connectivity index (χ4v) is 4.23. The molecule has 0 fully saturated rings. The molecule has 2 N–H and O–H groups in total. The SMILES string of the molecule is CNC(=O)[C@@H](NC(=O)c1nc(-c2ccccc2)n2c1CN(Cc1cncnc1)CC2)C(C)(C)C. The maximum atomic E-state index is 13.5. The summed E-state index contributed by atoms with van der Waals surface area (Å²) in [5.74, 6) is 0.179. The Morgan fingerprint density at radius 3 is 2.44 bits per heavy atom. The molecule has 0 spiro atoms. The van der Waals surface area contributed by atoms with Crippen molar-refractivity contribution in [2.75, 3.05) is 13.6 Å². The van der Waals surface area contributed by atoms with Gasteiger partial charge >= 0.3 is 0 Å². The number of nitrogens with zero attached hydrogens (tertiary/aromatic N) is 5. The van der Waals surface area contributed by atoms with Crippen molar-refractivity contribution >= 4 is 11.8 Å². The number of carbonyl (C=O) groups excluding carboxylic acids is 2. The third kappa shape index (κ3) is 4.99. The van der Waals surface area contributed by atoms with E-state index in [1.54, 1.807) is 19.4 Å². The van der Waals surface area contributed by atoms with Crippen molar-refractivity contribution in [2.45, 2.75) is 46.4 Å². The number of likely N-dealkylation sites (N-methyl/N-ethyl adjacent to an activating group) is 1. The van der Waals surface area contributed by atoms with Crippen LogP contribution in [0, 0.1) is 5.41 Å². The zero-order chi connectivity index (χ0) is 24.3. The predicted molar refractivity (Wildman–Crippen MR) is 129 cm³/mol. The average Bonchev–Trinajstić information content (AvgIpc) is 3.21. The summed E-state index contributed by atoms with van der Waals surface area (Å²) in [6.07, 6.45) is 5.12. The van der Waals surface area contributed by atoms with Crippen molar-refractivity contribution < 1.29 is 9.59 Å². The first kappa shape index (κ1) is 23.6. The zero-order valence-electron chi connectivity index (χ0n) is 20.1. The number of benzene rings is 1. The molecule has 3 heterocycles. The molecule has 1 aliphatic heterocycles. The Labute approximate surface area is 199 Å². The molecule has 1 aromatic carbocycles. The monoisotopic (exact) mass is 461 g/mol. The van der Waals surface area contributed by atoms with Gasteiger partial charge in [0.15, 0.2) is 5.69 Å². The number of hydrogen-bond donors (Lipinski definition) is 2. The second kappa shape index (κ2) is 9.72. The van der Waals surface area contributed by atoms with Crippen molar-refractivity contribution in [3.8, 4) is 11.4 Å². The number of hydrogen-bond acceptors (Lipinski definition) is 6. The van der Waals surface area contributed by atoms with Crippen LogP contribution < -0.4 is 10.6 Å². The largest absolute Gasteiger partial charge is 0.357 e. The second-order valence-electron chi connectivity index (χ2n) is 9.59. The minimum absolute atomic E-state index is 0.233.